The summed E-state index contributed by atoms with van der Waals surface area (Å²) in [6.07, 6.45) is 5.36. The van der Waals surface area contributed by atoms with Crippen molar-refractivity contribution in [3.05, 3.63) is 22.9 Å². The zero-order chi connectivity index (χ0) is 19.9. The molecular weight excluding hydrogens is 352 g/mol. The van der Waals surface area contributed by atoms with E-state index < -0.39 is 0 Å². The van der Waals surface area contributed by atoms with Gasteiger partial charge in [-0.1, -0.05) is 0 Å². The fraction of sp³-hybridized carbons (Fsp3) is 0.810. The second kappa shape index (κ2) is 10.1. The fourth-order valence-corrected chi connectivity index (χ4v) is 4.80. The number of aliphatic hydroxyl groups is 1. The maximum absolute atomic E-state index is 9.66. The van der Waals surface area contributed by atoms with Crippen LogP contribution in [0.25, 0.3) is 4.85 Å². The topological polar surface area (TPSA) is 61.3 Å². The third kappa shape index (κ3) is 5.17. The third-order valence-electron chi connectivity index (χ3n) is 6.38. The van der Waals surface area contributed by atoms with Crippen LogP contribution in [0.4, 0.5) is 0 Å². The zero-order valence-electron chi connectivity index (χ0n) is 17.2. The number of β-amino-alcohol motifs (C(OH)–C–C–N with tert-alkyl or cyclic N) is 1. The van der Waals surface area contributed by atoms with Crippen molar-refractivity contribution in [1.29, 1.82) is 5.26 Å². The molecule has 1 N–H and O–H groups in total. The van der Waals surface area contributed by atoms with Gasteiger partial charge in [-0.25, -0.2) is 10.1 Å². The van der Waals surface area contributed by atoms with Gasteiger partial charge in [0.05, 0.1) is 18.7 Å². The first kappa shape index (κ1) is 20.9. The number of aliphatic hydroxyl groups excluding tert-OH is 1. The molecule has 3 heterocycles. The van der Waals surface area contributed by atoms with E-state index in [1.165, 1.54) is 19.4 Å². The highest BCUT2D eigenvalue weighted by Crippen LogP contribution is 2.24. The molecule has 0 aromatic rings. The molecule has 28 heavy (non-hydrogen) atoms. The average Bonchev–Trinajstić information content (AvgIpc) is 3.39. The van der Waals surface area contributed by atoms with Crippen molar-refractivity contribution in [2.24, 2.45) is 0 Å². The summed E-state index contributed by atoms with van der Waals surface area (Å²) in [5.74, 6) is 0.841. The van der Waals surface area contributed by atoms with Gasteiger partial charge < -0.3 is 24.7 Å². The van der Waals surface area contributed by atoms with Crippen molar-refractivity contribution in [3.8, 4) is 6.07 Å². The van der Waals surface area contributed by atoms with Crippen molar-refractivity contribution in [1.82, 2.24) is 19.6 Å². The van der Waals surface area contributed by atoms with Gasteiger partial charge in [-0.05, 0) is 52.1 Å². The van der Waals surface area contributed by atoms with Crippen molar-refractivity contribution in [2.45, 2.75) is 51.2 Å². The first-order valence-corrected chi connectivity index (χ1v) is 10.8. The fourth-order valence-electron chi connectivity index (χ4n) is 4.80. The van der Waals surface area contributed by atoms with Gasteiger partial charge in [0.2, 0.25) is 0 Å². The van der Waals surface area contributed by atoms with E-state index in [0.29, 0.717) is 6.04 Å². The number of hydrogen-bond donors (Lipinski definition) is 1. The summed E-state index contributed by atoms with van der Waals surface area (Å²) in [5, 5.41) is 19.1. The van der Waals surface area contributed by atoms with Crippen LogP contribution in [0.2, 0.25) is 0 Å². The van der Waals surface area contributed by atoms with Crippen LogP contribution in [-0.2, 0) is 0 Å². The third-order valence-corrected chi connectivity index (χ3v) is 6.38. The van der Waals surface area contributed by atoms with E-state index in [-0.39, 0.29) is 11.8 Å². The lowest BCUT2D eigenvalue weighted by atomic mass is 10.2. The predicted octanol–water partition coefficient (Wildman–Crippen LogP) is 1.55. The Morgan fingerprint density at radius 1 is 1.11 bits per heavy atom. The molecule has 3 fully saturated rings. The highest BCUT2D eigenvalue weighted by molar-refractivity contribution is 5.33. The number of likely N-dealkylation sites (tertiary alicyclic amines) is 2. The summed E-state index contributed by atoms with van der Waals surface area (Å²) in [6, 6.07) is 2.80. The van der Waals surface area contributed by atoms with Crippen LogP contribution in [0.3, 0.4) is 0 Å². The van der Waals surface area contributed by atoms with Gasteiger partial charge >= 0.3 is 5.70 Å². The molecule has 0 bridgehead atoms. The molecule has 154 valence electrons. The molecule has 3 rings (SSSR count). The van der Waals surface area contributed by atoms with E-state index in [2.05, 4.69) is 37.4 Å². The summed E-state index contributed by atoms with van der Waals surface area (Å²) in [6.45, 7) is 18.3. The molecule has 0 amide bonds. The Balaban J connectivity index is 1.52. The average molecular weight is 387 g/mol. The Hall–Kier alpha value is -1.80. The molecule has 0 aliphatic carbocycles. The standard InChI is InChI=1S/C21H34N6O/c1-18-6-3-9-25(18)10-5-12-27-15-14-26(21(27)20(16-22)23-2)11-4-8-24-13-7-19(28)17-24/h18-19,28H,3-15,17H2,1H3. The van der Waals surface area contributed by atoms with Gasteiger partial charge in [-0.2, -0.15) is 0 Å². The van der Waals surface area contributed by atoms with Gasteiger partial charge in [-0.3, -0.25) is 0 Å². The van der Waals surface area contributed by atoms with E-state index in [1.807, 2.05) is 0 Å². The Bertz CT molecular complexity index is 620. The van der Waals surface area contributed by atoms with Crippen molar-refractivity contribution in [2.75, 3.05) is 58.9 Å². The van der Waals surface area contributed by atoms with Gasteiger partial charge in [-0.15, -0.1) is 0 Å². The first-order valence-electron chi connectivity index (χ1n) is 10.8. The Morgan fingerprint density at radius 2 is 1.82 bits per heavy atom. The zero-order valence-corrected chi connectivity index (χ0v) is 17.2. The summed E-state index contributed by atoms with van der Waals surface area (Å²) >= 11 is 0. The normalized spacial score (nSPS) is 28.0. The highest BCUT2D eigenvalue weighted by Gasteiger charge is 2.29. The maximum Gasteiger partial charge on any atom is 0.300 e. The second-order valence-electron chi connectivity index (χ2n) is 8.35. The predicted molar refractivity (Wildman–Crippen MR) is 109 cm³/mol. The number of allylic oxidation sites excluding steroid dienone is 1. The van der Waals surface area contributed by atoms with Crippen molar-refractivity contribution in [3.63, 3.8) is 0 Å². The molecule has 3 aliphatic heterocycles. The Morgan fingerprint density at radius 3 is 2.36 bits per heavy atom. The molecular formula is C21H34N6O. The van der Waals surface area contributed by atoms with Gasteiger partial charge in [0.25, 0.3) is 0 Å². The summed E-state index contributed by atoms with van der Waals surface area (Å²) in [5.41, 5.74) is 0.226. The minimum Gasteiger partial charge on any atom is -0.392 e. The molecule has 0 radical (unpaired) electrons. The van der Waals surface area contributed by atoms with E-state index in [0.717, 1.165) is 77.4 Å². The number of hydrogen-bond acceptors (Lipinski definition) is 6. The van der Waals surface area contributed by atoms with E-state index in [1.54, 1.807) is 0 Å². The minimum atomic E-state index is -0.177. The SMILES string of the molecule is [C-]#[N+]C(C#N)=C1N(CCCN2CCC(O)C2)CCN1CCCN1CCCC1C. The molecule has 3 aliphatic rings. The van der Waals surface area contributed by atoms with Gasteiger partial charge in [0.1, 0.15) is 5.82 Å². The van der Waals surface area contributed by atoms with Gasteiger partial charge in [0.15, 0.2) is 0 Å². The van der Waals surface area contributed by atoms with Crippen LogP contribution >= 0.6 is 0 Å². The van der Waals surface area contributed by atoms with Crippen LogP contribution in [0, 0.1) is 17.9 Å². The van der Waals surface area contributed by atoms with Crippen LogP contribution < -0.4 is 0 Å². The van der Waals surface area contributed by atoms with E-state index in [4.69, 9.17) is 6.57 Å². The molecule has 7 nitrogen and oxygen atoms in total. The van der Waals surface area contributed by atoms with Crippen LogP contribution in [0.1, 0.15) is 39.0 Å². The molecule has 2 unspecified atom stereocenters. The largest absolute Gasteiger partial charge is 0.392 e. The van der Waals surface area contributed by atoms with E-state index >= 15 is 0 Å². The van der Waals surface area contributed by atoms with Crippen LogP contribution in [0.5, 0.6) is 0 Å². The molecule has 0 aromatic carbocycles. The maximum atomic E-state index is 9.66. The van der Waals surface area contributed by atoms with Crippen molar-refractivity contribution >= 4 is 0 Å². The number of nitrogens with zero attached hydrogens (tertiary/aromatic N) is 6. The second-order valence-corrected chi connectivity index (χ2v) is 8.35. The molecule has 0 spiro atoms. The van der Waals surface area contributed by atoms with Crippen molar-refractivity contribution < 1.29 is 5.11 Å². The van der Waals surface area contributed by atoms with E-state index in [9.17, 15) is 10.4 Å². The molecule has 0 saturated carbocycles. The monoisotopic (exact) mass is 386 g/mol. The molecule has 7 heteroatoms. The Labute approximate surface area is 169 Å². The summed E-state index contributed by atoms with van der Waals surface area (Å²) < 4.78 is 0. The first-order chi connectivity index (χ1) is 13.6. The smallest absolute Gasteiger partial charge is 0.300 e. The molecule has 2 atom stereocenters. The quantitative estimate of drug-likeness (QED) is 0.504. The molecule has 0 aromatic heterocycles. The lowest BCUT2D eigenvalue weighted by Gasteiger charge is -2.27. The Kier molecular flexibility index (Phi) is 7.56. The summed E-state index contributed by atoms with van der Waals surface area (Å²) in [7, 11) is 0. The highest BCUT2D eigenvalue weighted by atomic mass is 16.3. The van der Waals surface area contributed by atoms with Gasteiger partial charge in [0, 0.05) is 51.9 Å². The minimum absolute atomic E-state index is 0.177. The lowest BCUT2D eigenvalue weighted by molar-refractivity contribution is 0.174. The van der Waals surface area contributed by atoms with Crippen LogP contribution in [0.15, 0.2) is 11.5 Å². The number of rotatable bonds is 8. The summed E-state index contributed by atoms with van der Waals surface area (Å²) in [4.78, 5) is 12.8. The number of nitriles is 1. The van der Waals surface area contributed by atoms with Crippen LogP contribution in [-0.4, -0.2) is 95.8 Å². The lowest BCUT2D eigenvalue weighted by Crippen LogP contribution is -2.32. The molecule has 3 saturated heterocycles.